The van der Waals surface area contributed by atoms with Gasteiger partial charge in [0.2, 0.25) is 5.88 Å². The molecule has 0 aliphatic rings. The first-order valence-electron chi connectivity index (χ1n) is 11.8. The van der Waals surface area contributed by atoms with E-state index in [1.165, 1.54) is 0 Å². The van der Waals surface area contributed by atoms with Crippen molar-refractivity contribution in [3.8, 4) is 0 Å². The van der Waals surface area contributed by atoms with E-state index in [1.807, 2.05) is 84.9 Å². The lowest BCUT2D eigenvalue weighted by Gasteiger charge is -2.28. The molecule has 0 unspecified atom stereocenters. The first-order chi connectivity index (χ1) is 17.8. The van der Waals surface area contributed by atoms with E-state index in [0.29, 0.717) is 5.02 Å². The molecule has 0 N–H and O–H groups in total. The number of fused-ring (bicyclic) bond motifs is 1. The Morgan fingerprint density at radius 2 is 0.917 bits per heavy atom. The predicted molar refractivity (Wildman–Crippen MR) is 151 cm³/mol. The van der Waals surface area contributed by atoms with Gasteiger partial charge in [-0.1, -0.05) is 84.4 Å². The van der Waals surface area contributed by atoms with Gasteiger partial charge >= 0.3 is 0 Å². The lowest BCUT2D eigenvalue weighted by atomic mass is 10.1. The summed E-state index contributed by atoms with van der Waals surface area (Å²) in [6.07, 6.45) is 0. The second-order valence-electron chi connectivity index (χ2n) is 8.47. The molecule has 1 aromatic heterocycles. The summed E-state index contributed by atoms with van der Waals surface area (Å²) in [5, 5.41) is 1.68. The average molecular weight is 487 g/mol. The number of benzene rings is 5. The molecule has 0 radical (unpaired) electrons. The van der Waals surface area contributed by atoms with Crippen molar-refractivity contribution in [1.82, 2.24) is 0 Å². The molecule has 0 spiro atoms. The summed E-state index contributed by atoms with van der Waals surface area (Å²) in [4.78, 5) is 4.31. The maximum Gasteiger partial charge on any atom is 0.205 e. The second-order valence-corrected chi connectivity index (χ2v) is 8.90. The van der Waals surface area contributed by atoms with E-state index >= 15 is 0 Å². The SMILES string of the molecule is Clc1cc(N(c2ccccc2)c2ccccc2)cc(N(c2ccccc2)c2cc3ccccc3o2)c1. The fourth-order valence-corrected chi connectivity index (χ4v) is 4.70. The smallest absolute Gasteiger partial charge is 0.205 e. The zero-order valence-electron chi connectivity index (χ0n) is 19.5. The minimum absolute atomic E-state index is 0.636. The third-order valence-corrected chi connectivity index (χ3v) is 6.28. The van der Waals surface area contributed by atoms with Gasteiger partial charge in [0.1, 0.15) is 5.58 Å². The maximum absolute atomic E-state index is 6.78. The number of para-hydroxylation sites is 4. The van der Waals surface area contributed by atoms with E-state index in [9.17, 15) is 0 Å². The van der Waals surface area contributed by atoms with Crippen molar-refractivity contribution in [2.45, 2.75) is 0 Å². The van der Waals surface area contributed by atoms with Crippen LogP contribution in [0.1, 0.15) is 0 Å². The quantitative estimate of drug-likeness (QED) is 0.233. The fraction of sp³-hybridized carbons (Fsp3) is 0. The molecule has 0 bridgehead atoms. The fourth-order valence-electron chi connectivity index (χ4n) is 4.48. The van der Waals surface area contributed by atoms with Crippen molar-refractivity contribution in [1.29, 1.82) is 0 Å². The molecule has 3 nitrogen and oxygen atoms in total. The highest BCUT2D eigenvalue weighted by molar-refractivity contribution is 6.31. The normalized spacial score (nSPS) is 10.9. The van der Waals surface area contributed by atoms with Gasteiger partial charge < -0.3 is 9.32 Å². The largest absolute Gasteiger partial charge is 0.440 e. The predicted octanol–water partition coefficient (Wildman–Crippen LogP) is 10.0. The Morgan fingerprint density at radius 1 is 0.444 bits per heavy atom. The van der Waals surface area contributed by atoms with E-state index in [4.69, 9.17) is 16.0 Å². The number of anilines is 6. The molecule has 174 valence electrons. The Labute approximate surface area is 215 Å². The molecule has 0 atom stereocenters. The van der Waals surface area contributed by atoms with Gasteiger partial charge in [-0.15, -0.1) is 0 Å². The van der Waals surface area contributed by atoms with E-state index in [-0.39, 0.29) is 0 Å². The monoisotopic (exact) mass is 486 g/mol. The van der Waals surface area contributed by atoms with Crippen molar-refractivity contribution in [2.24, 2.45) is 0 Å². The maximum atomic E-state index is 6.78. The minimum atomic E-state index is 0.636. The van der Waals surface area contributed by atoms with E-state index in [2.05, 4.69) is 64.4 Å². The highest BCUT2D eigenvalue weighted by Crippen LogP contribution is 2.43. The molecule has 1 heterocycles. The van der Waals surface area contributed by atoms with Gasteiger partial charge in [0.25, 0.3) is 0 Å². The highest BCUT2D eigenvalue weighted by atomic mass is 35.5. The van der Waals surface area contributed by atoms with Crippen LogP contribution in [-0.2, 0) is 0 Å². The van der Waals surface area contributed by atoms with Crippen molar-refractivity contribution in [3.05, 3.63) is 145 Å². The molecule has 0 aliphatic carbocycles. The summed E-state index contributed by atoms with van der Waals surface area (Å²) in [6.45, 7) is 0. The van der Waals surface area contributed by atoms with Crippen LogP contribution in [0.15, 0.2) is 144 Å². The molecule has 6 aromatic rings. The molecule has 0 saturated carbocycles. The van der Waals surface area contributed by atoms with Gasteiger partial charge in [-0.3, -0.25) is 4.90 Å². The Kier molecular flexibility index (Phi) is 5.90. The van der Waals surface area contributed by atoms with Crippen LogP contribution in [0.5, 0.6) is 0 Å². The molecular weight excluding hydrogens is 464 g/mol. The Balaban J connectivity index is 1.54. The lowest BCUT2D eigenvalue weighted by Crippen LogP contribution is -2.13. The van der Waals surface area contributed by atoms with Crippen LogP contribution in [0, 0.1) is 0 Å². The van der Waals surface area contributed by atoms with Crippen LogP contribution in [0.2, 0.25) is 5.02 Å². The summed E-state index contributed by atoms with van der Waals surface area (Å²) in [6, 6.07) is 47.0. The van der Waals surface area contributed by atoms with Gasteiger partial charge in [0.15, 0.2) is 0 Å². The molecule has 5 aromatic carbocycles. The van der Waals surface area contributed by atoms with E-state index in [0.717, 1.165) is 45.3 Å². The third kappa shape index (κ3) is 4.33. The van der Waals surface area contributed by atoms with Crippen molar-refractivity contribution in [2.75, 3.05) is 9.80 Å². The highest BCUT2D eigenvalue weighted by Gasteiger charge is 2.20. The summed E-state index contributed by atoms with van der Waals surface area (Å²) < 4.78 is 6.32. The summed E-state index contributed by atoms with van der Waals surface area (Å²) >= 11 is 6.78. The number of halogens is 1. The molecule has 4 heteroatoms. The molecule has 0 amide bonds. The number of furan rings is 1. The summed E-state index contributed by atoms with van der Waals surface area (Å²) in [5.41, 5.74) is 5.77. The molecule has 0 saturated heterocycles. The average Bonchev–Trinajstić information content (AvgIpc) is 3.34. The van der Waals surface area contributed by atoms with E-state index < -0.39 is 0 Å². The van der Waals surface area contributed by atoms with Crippen LogP contribution in [-0.4, -0.2) is 0 Å². The molecule has 0 fully saturated rings. The van der Waals surface area contributed by atoms with Crippen LogP contribution < -0.4 is 9.80 Å². The second kappa shape index (κ2) is 9.65. The topological polar surface area (TPSA) is 19.6 Å². The van der Waals surface area contributed by atoms with Crippen molar-refractivity contribution in [3.63, 3.8) is 0 Å². The zero-order chi connectivity index (χ0) is 24.3. The van der Waals surface area contributed by atoms with Gasteiger partial charge in [-0.25, -0.2) is 0 Å². The standard InChI is InChI=1S/C32H23ClN2O/c33-25-21-29(34(26-13-4-1-5-14-26)27-15-6-2-7-16-27)23-30(22-25)35(28-17-8-3-9-18-28)32-20-24-12-10-11-19-31(24)36-32/h1-23H. The summed E-state index contributed by atoms with van der Waals surface area (Å²) in [7, 11) is 0. The molecule has 6 rings (SSSR count). The Morgan fingerprint density at radius 3 is 1.47 bits per heavy atom. The van der Waals surface area contributed by atoms with Crippen molar-refractivity contribution >= 4 is 56.9 Å². The first-order valence-corrected chi connectivity index (χ1v) is 12.2. The number of hydrogen-bond acceptors (Lipinski definition) is 3. The molecular formula is C32H23ClN2O. The van der Waals surface area contributed by atoms with Gasteiger partial charge in [-0.2, -0.15) is 0 Å². The van der Waals surface area contributed by atoms with Gasteiger partial charge in [0, 0.05) is 39.2 Å². The Hall–Kier alpha value is -4.47. The zero-order valence-corrected chi connectivity index (χ0v) is 20.2. The van der Waals surface area contributed by atoms with E-state index in [1.54, 1.807) is 0 Å². The van der Waals surface area contributed by atoms with Crippen molar-refractivity contribution < 1.29 is 4.42 Å². The lowest BCUT2D eigenvalue weighted by molar-refractivity contribution is 0.621. The third-order valence-electron chi connectivity index (χ3n) is 6.06. The molecule has 0 aliphatic heterocycles. The first kappa shape index (κ1) is 22.0. The minimum Gasteiger partial charge on any atom is -0.440 e. The number of hydrogen-bond donors (Lipinski definition) is 0. The van der Waals surface area contributed by atoms with Crippen LogP contribution in [0.4, 0.5) is 34.3 Å². The van der Waals surface area contributed by atoms with Gasteiger partial charge in [0.05, 0.1) is 5.69 Å². The number of nitrogens with zero attached hydrogens (tertiary/aromatic N) is 2. The summed E-state index contributed by atoms with van der Waals surface area (Å²) in [5.74, 6) is 0.724. The number of rotatable bonds is 6. The van der Waals surface area contributed by atoms with Crippen LogP contribution in [0.3, 0.4) is 0 Å². The van der Waals surface area contributed by atoms with Crippen LogP contribution >= 0.6 is 11.6 Å². The van der Waals surface area contributed by atoms with Crippen LogP contribution in [0.25, 0.3) is 11.0 Å². The molecule has 36 heavy (non-hydrogen) atoms. The Bertz CT molecular complexity index is 1530. The van der Waals surface area contributed by atoms with Gasteiger partial charge in [-0.05, 0) is 60.7 Å².